The number of fused-ring (bicyclic) bond motifs is 1. The summed E-state index contributed by atoms with van der Waals surface area (Å²) in [4.78, 5) is 15.7. The lowest BCUT2D eigenvalue weighted by molar-refractivity contribution is 0.0491. The van der Waals surface area contributed by atoms with E-state index in [0.717, 1.165) is 10.9 Å². The van der Waals surface area contributed by atoms with Crippen molar-refractivity contribution < 1.29 is 13.9 Å². The highest BCUT2D eigenvalue weighted by atomic mass is 35.5. The Hall–Kier alpha value is -2.34. The number of aromatic nitrogens is 3. The van der Waals surface area contributed by atoms with E-state index in [2.05, 4.69) is 15.2 Å². The van der Waals surface area contributed by atoms with Crippen molar-refractivity contribution in [3.05, 3.63) is 35.3 Å². The molecule has 0 aliphatic heterocycles. The lowest BCUT2D eigenvalue weighted by atomic mass is 10.1. The Morgan fingerprint density at radius 2 is 2.30 bits per heavy atom. The molecular weight excluding hydrogens is 282 g/mol. The second kappa shape index (κ2) is 4.97. The van der Waals surface area contributed by atoms with E-state index < -0.39 is 5.97 Å². The number of oxazole rings is 1. The van der Waals surface area contributed by atoms with Crippen molar-refractivity contribution in [3.63, 3.8) is 0 Å². The molecule has 0 saturated carbocycles. The number of hydrogen-bond acceptors (Lipinski definition) is 5. The number of aromatic amines is 1. The Labute approximate surface area is 118 Å². The molecule has 2 heterocycles. The monoisotopic (exact) mass is 291 g/mol. The van der Waals surface area contributed by atoms with Crippen molar-refractivity contribution in [2.75, 3.05) is 6.61 Å². The summed E-state index contributed by atoms with van der Waals surface area (Å²) in [6, 6.07) is 3.46. The van der Waals surface area contributed by atoms with E-state index in [1.54, 1.807) is 25.3 Å². The Morgan fingerprint density at radius 1 is 1.45 bits per heavy atom. The van der Waals surface area contributed by atoms with Crippen LogP contribution < -0.4 is 0 Å². The summed E-state index contributed by atoms with van der Waals surface area (Å²) in [6.45, 7) is 2.00. The Balaban J connectivity index is 2.07. The highest BCUT2D eigenvalue weighted by molar-refractivity contribution is 6.31. The minimum absolute atomic E-state index is 0.0541. The third kappa shape index (κ3) is 2.14. The van der Waals surface area contributed by atoms with Crippen molar-refractivity contribution in [2.45, 2.75) is 6.92 Å². The van der Waals surface area contributed by atoms with Gasteiger partial charge in [-0.3, -0.25) is 5.10 Å². The maximum absolute atomic E-state index is 11.6. The van der Waals surface area contributed by atoms with E-state index in [1.807, 2.05) is 0 Å². The molecule has 0 aliphatic carbocycles. The SMILES string of the molecule is CCOC(=O)c1cnc(-c2cc(Cl)cc3[nH]ncc23)o1. The molecule has 0 amide bonds. The van der Waals surface area contributed by atoms with Gasteiger partial charge in [0.25, 0.3) is 0 Å². The number of carbonyl (C=O) groups excluding carboxylic acids is 1. The highest BCUT2D eigenvalue weighted by Gasteiger charge is 2.17. The molecular formula is C13H10ClN3O3. The summed E-state index contributed by atoms with van der Waals surface area (Å²) in [7, 11) is 0. The number of H-pyrrole nitrogens is 1. The van der Waals surface area contributed by atoms with Crippen LogP contribution in [0.3, 0.4) is 0 Å². The van der Waals surface area contributed by atoms with Gasteiger partial charge in [-0.05, 0) is 19.1 Å². The summed E-state index contributed by atoms with van der Waals surface area (Å²) >= 11 is 6.04. The largest absolute Gasteiger partial charge is 0.460 e. The van der Waals surface area contributed by atoms with E-state index in [4.69, 9.17) is 20.8 Å². The molecule has 1 N–H and O–H groups in total. The van der Waals surface area contributed by atoms with Crippen LogP contribution in [0.5, 0.6) is 0 Å². The number of ether oxygens (including phenoxy) is 1. The summed E-state index contributed by atoms with van der Waals surface area (Å²) < 4.78 is 10.3. The molecule has 0 spiro atoms. The van der Waals surface area contributed by atoms with Gasteiger partial charge in [0.2, 0.25) is 11.7 Å². The van der Waals surface area contributed by atoms with Crippen molar-refractivity contribution in [1.82, 2.24) is 15.2 Å². The normalized spacial score (nSPS) is 10.9. The molecule has 0 unspecified atom stereocenters. The van der Waals surface area contributed by atoms with Gasteiger partial charge in [0, 0.05) is 16.0 Å². The summed E-state index contributed by atoms with van der Waals surface area (Å²) in [5, 5.41) is 8.11. The summed E-state index contributed by atoms with van der Waals surface area (Å²) in [5.41, 5.74) is 1.43. The minimum atomic E-state index is -0.545. The van der Waals surface area contributed by atoms with Crippen LogP contribution in [-0.2, 0) is 4.74 Å². The third-order valence-electron chi connectivity index (χ3n) is 2.74. The first-order chi connectivity index (χ1) is 9.69. The Kier molecular flexibility index (Phi) is 3.15. The fourth-order valence-electron chi connectivity index (χ4n) is 1.89. The zero-order valence-electron chi connectivity index (χ0n) is 10.5. The zero-order chi connectivity index (χ0) is 14.1. The number of carbonyl (C=O) groups is 1. The minimum Gasteiger partial charge on any atom is -0.460 e. The predicted octanol–water partition coefficient (Wildman–Crippen LogP) is 3.05. The van der Waals surface area contributed by atoms with Gasteiger partial charge in [0.1, 0.15) is 0 Å². The molecule has 102 valence electrons. The quantitative estimate of drug-likeness (QED) is 0.750. The van der Waals surface area contributed by atoms with Crippen LogP contribution in [0.15, 0.2) is 28.9 Å². The molecule has 6 nitrogen and oxygen atoms in total. The molecule has 0 bridgehead atoms. The molecule has 0 atom stereocenters. The second-order valence-corrected chi connectivity index (χ2v) is 4.47. The van der Waals surface area contributed by atoms with E-state index in [0.29, 0.717) is 16.5 Å². The number of rotatable bonds is 3. The number of halogens is 1. The van der Waals surface area contributed by atoms with Crippen LogP contribution in [0.25, 0.3) is 22.4 Å². The van der Waals surface area contributed by atoms with Gasteiger partial charge in [-0.1, -0.05) is 11.6 Å². The maximum atomic E-state index is 11.6. The van der Waals surface area contributed by atoms with Crippen molar-refractivity contribution in [2.24, 2.45) is 0 Å². The fourth-order valence-corrected chi connectivity index (χ4v) is 2.11. The second-order valence-electron chi connectivity index (χ2n) is 4.03. The fraction of sp³-hybridized carbons (Fsp3) is 0.154. The van der Waals surface area contributed by atoms with Crippen molar-refractivity contribution >= 4 is 28.5 Å². The molecule has 3 aromatic rings. The van der Waals surface area contributed by atoms with Crippen LogP contribution in [0.4, 0.5) is 0 Å². The Morgan fingerprint density at radius 3 is 3.10 bits per heavy atom. The molecule has 7 heteroatoms. The molecule has 3 rings (SSSR count). The molecule has 1 aromatic carbocycles. The molecule has 20 heavy (non-hydrogen) atoms. The van der Waals surface area contributed by atoms with Crippen molar-refractivity contribution in [1.29, 1.82) is 0 Å². The smallest absolute Gasteiger partial charge is 0.375 e. The van der Waals surface area contributed by atoms with Crippen LogP contribution >= 0.6 is 11.6 Å². The van der Waals surface area contributed by atoms with Crippen LogP contribution in [0.1, 0.15) is 17.5 Å². The van der Waals surface area contributed by atoms with Gasteiger partial charge in [-0.25, -0.2) is 9.78 Å². The number of benzene rings is 1. The molecule has 2 aromatic heterocycles. The van der Waals surface area contributed by atoms with Crippen LogP contribution in [0, 0.1) is 0 Å². The first kappa shape index (κ1) is 12.7. The maximum Gasteiger partial charge on any atom is 0.375 e. The highest BCUT2D eigenvalue weighted by Crippen LogP contribution is 2.30. The molecule has 0 saturated heterocycles. The number of nitrogens with one attached hydrogen (secondary N) is 1. The molecule has 0 fully saturated rings. The number of nitrogens with zero attached hydrogens (tertiary/aromatic N) is 2. The van der Waals surface area contributed by atoms with Gasteiger partial charge in [0.15, 0.2) is 0 Å². The standard InChI is InChI=1S/C13H10ClN3O3/c1-2-19-13(18)11-6-15-12(20-11)8-3-7(14)4-10-9(8)5-16-17-10/h3-6H,2H2,1H3,(H,16,17). The Bertz CT molecular complexity index is 778. The first-order valence-electron chi connectivity index (χ1n) is 5.95. The van der Waals surface area contributed by atoms with Gasteiger partial charge in [0.05, 0.1) is 24.5 Å². The van der Waals surface area contributed by atoms with Gasteiger partial charge >= 0.3 is 5.97 Å². The summed E-state index contributed by atoms with van der Waals surface area (Å²) in [5.74, 6) is -0.197. The number of esters is 1. The van der Waals surface area contributed by atoms with E-state index in [9.17, 15) is 4.79 Å². The lowest BCUT2D eigenvalue weighted by Gasteiger charge is -2.00. The van der Waals surface area contributed by atoms with Gasteiger partial charge < -0.3 is 9.15 Å². The first-order valence-corrected chi connectivity index (χ1v) is 6.32. The lowest BCUT2D eigenvalue weighted by Crippen LogP contribution is -2.02. The van der Waals surface area contributed by atoms with E-state index in [1.165, 1.54) is 6.20 Å². The van der Waals surface area contributed by atoms with Crippen LogP contribution in [0.2, 0.25) is 5.02 Å². The molecule has 0 aliphatic rings. The number of hydrogen-bond donors (Lipinski definition) is 1. The average molecular weight is 292 g/mol. The van der Waals surface area contributed by atoms with Gasteiger partial charge in [-0.15, -0.1) is 0 Å². The third-order valence-corrected chi connectivity index (χ3v) is 2.95. The van der Waals surface area contributed by atoms with E-state index in [-0.39, 0.29) is 12.4 Å². The van der Waals surface area contributed by atoms with Crippen molar-refractivity contribution in [3.8, 4) is 11.5 Å². The predicted molar refractivity (Wildman–Crippen MR) is 72.6 cm³/mol. The topological polar surface area (TPSA) is 81.0 Å². The van der Waals surface area contributed by atoms with E-state index >= 15 is 0 Å². The molecule has 0 radical (unpaired) electrons. The average Bonchev–Trinajstić information content (AvgIpc) is 3.06. The van der Waals surface area contributed by atoms with Crippen LogP contribution in [-0.4, -0.2) is 27.8 Å². The summed E-state index contributed by atoms with van der Waals surface area (Å²) in [6.07, 6.45) is 2.98. The van der Waals surface area contributed by atoms with Gasteiger partial charge in [-0.2, -0.15) is 5.10 Å². The zero-order valence-corrected chi connectivity index (χ0v) is 11.3.